The molecule has 4 nitrogen and oxygen atoms in total. The Morgan fingerprint density at radius 2 is 2.16 bits per heavy atom. The van der Waals surface area contributed by atoms with Crippen molar-refractivity contribution in [2.75, 3.05) is 0 Å². The van der Waals surface area contributed by atoms with Crippen molar-refractivity contribution in [3.8, 4) is 0 Å². The number of amides is 1. The quantitative estimate of drug-likeness (QED) is 0.868. The van der Waals surface area contributed by atoms with Gasteiger partial charge in [0.1, 0.15) is 5.01 Å². The second-order valence-electron chi connectivity index (χ2n) is 5.22. The molecule has 0 radical (unpaired) electrons. The number of nitrogens with zero attached hydrogens (tertiary/aromatic N) is 2. The Morgan fingerprint density at radius 3 is 2.79 bits per heavy atom. The average Bonchev–Trinajstić information content (AvgIpc) is 2.77. The van der Waals surface area contributed by atoms with Gasteiger partial charge < -0.3 is 5.32 Å². The van der Waals surface area contributed by atoms with Crippen LogP contribution in [0.25, 0.3) is 0 Å². The van der Waals surface area contributed by atoms with Gasteiger partial charge in [0.05, 0.1) is 5.25 Å². The van der Waals surface area contributed by atoms with Gasteiger partial charge in [-0.15, -0.1) is 10.2 Å². The summed E-state index contributed by atoms with van der Waals surface area (Å²) in [7, 11) is 0. The fraction of sp³-hybridized carbons (Fsp3) is 0.769. The zero-order valence-corrected chi connectivity index (χ0v) is 13.3. The van der Waals surface area contributed by atoms with Crippen molar-refractivity contribution >= 4 is 29.0 Å². The van der Waals surface area contributed by atoms with Gasteiger partial charge in [0.15, 0.2) is 4.34 Å². The molecule has 1 aromatic heterocycles. The number of carbonyl (C=O) groups excluding carboxylic acids is 1. The summed E-state index contributed by atoms with van der Waals surface area (Å²) >= 11 is 3.04. The highest BCUT2D eigenvalue weighted by atomic mass is 32.2. The molecular formula is C13H21N3OS2. The van der Waals surface area contributed by atoms with Crippen LogP contribution in [0.4, 0.5) is 0 Å². The van der Waals surface area contributed by atoms with Gasteiger partial charge in [-0.2, -0.15) is 0 Å². The van der Waals surface area contributed by atoms with E-state index in [1.165, 1.54) is 31.0 Å². The summed E-state index contributed by atoms with van der Waals surface area (Å²) in [4.78, 5) is 12.2. The van der Waals surface area contributed by atoms with Gasteiger partial charge in [-0.25, -0.2) is 0 Å². The highest BCUT2D eigenvalue weighted by molar-refractivity contribution is 8.02. The third-order valence-corrected chi connectivity index (χ3v) is 5.62. The van der Waals surface area contributed by atoms with Crippen molar-refractivity contribution in [2.24, 2.45) is 5.92 Å². The van der Waals surface area contributed by atoms with E-state index in [2.05, 4.69) is 22.4 Å². The van der Waals surface area contributed by atoms with E-state index in [0.717, 1.165) is 15.8 Å². The van der Waals surface area contributed by atoms with Crippen LogP contribution in [0.3, 0.4) is 0 Å². The van der Waals surface area contributed by atoms with Crippen molar-refractivity contribution < 1.29 is 4.79 Å². The molecule has 0 unspecified atom stereocenters. The van der Waals surface area contributed by atoms with E-state index in [1.807, 2.05) is 13.8 Å². The predicted octanol–water partition coefficient (Wildman–Crippen LogP) is 3.02. The second kappa shape index (κ2) is 6.70. The Kier molecular flexibility index (Phi) is 5.21. The lowest BCUT2D eigenvalue weighted by Crippen LogP contribution is -2.44. The fourth-order valence-electron chi connectivity index (χ4n) is 2.36. The van der Waals surface area contributed by atoms with Gasteiger partial charge in [-0.3, -0.25) is 4.79 Å². The van der Waals surface area contributed by atoms with Gasteiger partial charge >= 0.3 is 0 Å². The molecule has 1 saturated carbocycles. The Hall–Kier alpha value is -0.620. The first-order valence-corrected chi connectivity index (χ1v) is 8.53. The molecule has 0 spiro atoms. The summed E-state index contributed by atoms with van der Waals surface area (Å²) in [6, 6.07) is 0.348. The van der Waals surface area contributed by atoms with Gasteiger partial charge in [0, 0.05) is 6.04 Å². The van der Waals surface area contributed by atoms with Crippen LogP contribution in [0.15, 0.2) is 4.34 Å². The van der Waals surface area contributed by atoms with E-state index < -0.39 is 0 Å². The van der Waals surface area contributed by atoms with Crippen LogP contribution < -0.4 is 5.32 Å². The number of thioether (sulfide) groups is 1. The molecule has 1 heterocycles. The first-order chi connectivity index (χ1) is 9.06. The Labute approximate surface area is 122 Å². The van der Waals surface area contributed by atoms with Crippen LogP contribution in [0, 0.1) is 12.8 Å². The summed E-state index contributed by atoms with van der Waals surface area (Å²) < 4.78 is 0.872. The topological polar surface area (TPSA) is 54.9 Å². The third-order valence-electron chi connectivity index (χ3n) is 3.59. The van der Waals surface area contributed by atoms with Gasteiger partial charge in [0.25, 0.3) is 0 Å². The average molecular weight is 299 g/mol. The Balaban J connectivity index is 1.85. The smallest absolute Gasteiger partial charge is 0.233 e. The maximum absolute atomic E-state index is 12.2. The lowest BCUT2D eigenvalue weighted by Gasteiger charge is -2.30. The van der Waals surface area contributed by atoms with E-state index in [0.29, 0.717) is 12.0 Å². The van der Waals surface area contributed by atoms with Crippen LogP contribution in [0.1, 0.15) is 44.5 Å². The molecule has 1 amide bonds. The minimum absolute atomic E-state index is 0.110. The number of aryl methyl sites for hydroxylation is 1. The van der Waals surface area contributed by atoms with Crippen molar-refractivity contribution in [2.45, 2.75) is 62.1 Å². The summed E-state index contributed by atoms with van der Waals surface area (Å²) in [5.74, 6) is 0.718. The molecule has 106 valence electrons. The molecule has 19 heavy (non-hydrogen) atoms. The van der Waals surface area contributed by atoms with Crippen molar-refractivity contribution in [3.05, 3.63) is 5.01 Å². The maximum atomic E-state index is 12.2. The van der Waals surface area contributed by atoms with E-state index in [-0.39, 0.29) is 11.2 Å². The lowest BCUT2D eigenvalue weighted by molar-refractivity contribution is -0.121. The molecule has 3 atom stereocenters. The molecular weight excluding hydrogens is 278 g/mol. The SMILES string of the molecule is Cc1nnc(S[C@H](C)C(=O)N[C@@H]2CCCC[C@H]2C)s1. The monoisotopic (exact) mass is 299 g/mol. The van der Waals surface area contributed by atoms with Crippen molar-refractivity contribution in [1.29, 1.82) is 0 Å². The van der Waals surface area contributed by atoms with E-state index in [4.69, 9.17) is 0 Å². The van der Waals surface area contributed by atoms with E-state index in [1.54, 1.807) is 11.3 Å². The minimum atomic E-state index is -0.110. The summed E-state index contributed by atoms with van der Waals surface area (Å²) in [6.45, 7) is 6.09. The molecule has 1 aliphatic carbocycles. The van der Waals surface area contributed by atoms with Crippen LogP contribution >= 0.6 is 23.1 Å². The molecule has 2 rings (SSSR count). The number of hydrogen-bond acceptors (Lipinski definition) is 5. The van der Waals surface area contributed by atoms with Crippen molar-refractivity contribution in [3.63, 3.8) is 0 Å². The lowest BCUT2D eigenvalue weighted by atomic mass is 9.86. The predicted molar refractivity (Wildman–Crippen MR) is 79.5 cm³/mol. The van der Waals surface area contributed by atoms with Crippen LogP contribution in [0.5, 0.6) is 0 Å². The number of carbonyl (C=O) groups is 1. The first-order valence-electron chi connectivity index (χ1n) is 6.83. The van der Waals surface area contributed by atoms with Crippen molar-refractivity contribution in [1.82, 2.24) is 15.5 Å². The first kappa shape index (κ1) is 14.8. The number of aromatic nitrogens is 2. The summed E-state index contributed by atoms with van der Waals surface area (Å²) in [5, 5.41) is 12.0. The molecule has 1 fully saturated rings. The highest BCUT2D eigenvalue weighted by Crippen LogP contribution is 2.28. The molecule has 1 aromatic rings. The zero-order chi connectivity index (χ0) is 13.8. The number of rotatable bonds is 4. The van der Waals surface area contributed by atoms with Gasteiger partial charge in [-0.05, 0) is 32.6 Å². The molecule has 1 aliphatic rings. The van der Waals surface area contributed by atoms with Crippen LogP contribution in [0.2, 0.25) is 0 Å². The number of nitrogens with one attached hydrogen (secondary N) is 1. The molecule has 0 aliphatic heterocycles. The van der Waals surface area contributed by atoms with Crippen LogP contribution in [-0.2, 0) is 4.79 Å². The zero-order valence-electron chi connectivity index (χ0n) is 11.7. The Morgan fingerprint density at radius 1 is 1.42 bits per heavy atom. The normalized spacial score (nSPS) is 25.0. The standard InChI is InChI=1S/C13H21N3OS2/c1-8-6-4-5-7-11(8)14-12(17)9(2)18-13-16-15-10(3)19-13/h8-9,11H,4-7H2,1-3H3,(H,14,17)/t8-,9-,11-/m1/s1. The largest absolute Gasteiger partial charge is 0.352 e. The highest BCUT2D eigenvalue weighted by Gasteiger charge is 2.25. The minimum Gasteiger partial charge on any atom is -0.352 e. The van der Waals surface area contributed by atoms with E-state index in [9.17, 15) is 4.79 Å². The summed E-state index contributed by atoms with van der Waals surface area (Å²) in [6.07, 6.45) is 4.86. The molecule has 1 N–H and O–H groups in total. The molecule has 6 heteroatoms. The van der Waals surface area contributed by atoms with Crippen LogP contribution in [-0.4, -0.2) is 27.4 Å². The maximum Gasteiger partial charge on any atom is 0.233 e. The summed E-state index contributed by atoms with van der Waals surface area (Å²) in [5.41, 5.74) is 0. The third kappa shape index (κ3) is 4.18. The molecule has 0 saturated heterocycles. The molecule has 0 aromatic carbocycles. The van der Waals surface area contributed by atoms with E-state index >= 15 is 0 Å². The van der Waals surface area contributed by atoms with Gasteiger partial charge in [0.2, 0.25) is 5.91 Å². The second-order valence-corrected chi connectivity index (χ2v) is 7.99. The Bertz CT molecular complexity index is 435. The molecule has 0 bridgehead atoms. The number of hydrogen-bond donors (Lipinski definition) is 1. The van der Waals surface area contributed by atoms with Gasteiger partial charge in [-0.1, -0.05) is 42.9 Å². The fourth-order valence-corrected chi connectivity index (χ4v) is 4.33.